The third kappa shape index (κ3) is 4.21. The van der Waals surface area contributed by atoms with Crippen molar-refractivity contribution in [3.05, 3.63) is 95.9 Å². The molecule has 1 fully saturated rings. The van der Waals surface area contributed by atoms with Gasteiger partial charge >= 0.3 is 6.03 Å². The molecule has 2 aromatic heterocycles. The van der Waals surface area contributed by atoms with Crippen LogP contribution in [-0.4, -0.2) is 25.6 Å². The van der Waals surface area contributed by atoms with Gasteiger partial charge in [0, 0.05) is 30.8 Å². The lowest BCUT2D eigenvalue weighted by Crippen LogP contribution is -2.33. The molecular weight excluding hydrogens is 388 g/mol. The molecule has 5 rings (SSSR count). The van der Waals surface area contributed by atoms with Crippen LogP contribution in [0.5, 0.6) is 0 Å². The Kier molecular flexibility index (Phi) is 5.00. The van der Waals surface area contributed by atoms with Crippen LogP contribution >= 0.6 is 0 Å². The number of nitrogens with zero attached hydrogens (tertiary/aromatic N) is 4. The van der Waals surface area contributed by atoms with Gasteiger partial charge in [0.2, 0.25) is 0 Å². The van der Waals surface area contributed by atoms with E-state index in [-0.39, 0.29) is 12.1 Å². The molecule has 0 spiro atoms. The third-order valence-electron chi connectivity index (χ3n) is 5.43. The van der Waals surface area contributed by atoms with Gasteiger partial charge < -0.3 is 5.32 Å². The Balaban J connectivity index is 1.41. The Bertz CT molecular complexity index is 1180. The first-order valence-corrected chi connectivity index (χ1v) is 10.4. The zero-order valence-electron chi connectivity index (χ0n) is 17.3. The molecule has 0 bridgehead atoms. The van der Waals surface area contributed by atoms with Crippen molar-refractivity contribution in [1.82, 2.24) is 24.9 Å². The number of rotatable bonds is 6. The van der Waals surface area contributed by atoms with Crippen molar-refractivity contribution in [2.24, 2.45) is 7.05 Å². The summed E-state index contributed by atoms with van der Waals surface area (Å²) in [4.78, 5) is 13.1. The van der Waals surface area contributed by atoms with E-state index in [9.17, 15) is 4.79 Å². The number of benzene rings is 2. The summed E-state index contributed by atoms with van der Waals surface area (Å²) in [5.41, 5.74) is 3.84. The van der Waals surface area contributed by atoms with E-state index < -0.39 is 0 Å². The van der Waals surface area contributed by atoms with Crippen molar-refractivity contribution in [3.8, 4) is 5.69 Å². The Morgan fingerprint density at radius 2 is 1.74 bits per heavy atom. The number of hydrogen-bond acceptors (Lipinski definition) is 3. The molecule has 156 valence electrons. The van der Waals surface area contributed by atoms with Crippen LogP contribution in [0.1, 0.15) is 41.6 Å². The molecule has 1 atom stereocenters. The molecule has 0 aliphatic heterocycles. The van der Waals surface area contributed by atoms with E-state index in [4.69, 9.17) is 5.10 Å². The van der Waals surface area contributed by atoms with Crippen LogP contribution in [0.3, 0.4) is 0 Å². The fourth-order valence-corrected chi connectivity index (χ4v) is 3.71. The largest absolute Gasteiger partial charge is 0.327 e. The minimum atomic E-state index is -0.314. The van der Waals surface area contributed by atoms with Gasteiger partial charge in [-0.25, -0.2) is 9.48 Å². The monoisotopic (exact) mass is 412 g/mol. The second-order valence-corrected chi connectivity index (χ2v) is 7.87. The molecule has 2 amide bonds. The van der Waals surface area contributed by atoms with Gasteiger partial charge in [0.1, 0.15) is 5.82 Å². The number of urea groups is 1. The minimum Gasteiger partial charge on any atom is -0.327 e. The molecule has 1 saturated carbocycles. The number of carbonyl (C=O) groups is 1. The third-order valence-corrected chi connectivity index (χ3v) is 5.43. The lowest BCUT2D eigenvalue weighted by atomic mass is 10.0. The van der Waals surface area contributed by atoms with E-state index in [2.05, 4.69) is 15.7 Å². The van der Waals surface area contributed by atoms with Gasteiger partial charge in [0.25, 0.3) is 0 Å². The Morgan fingerprint density at radius 1 is 1.03 bits per heavy atom. The number of anilines is 1. The van der Waals surface area contributed by atoms with Crippen molar-refractivity contribution in [1.29, 1.82) is 0 Å². The van der Waals surface area contributed by atoms with Crippen molar-refractivity contribution in [2.75, 3.05) is 5.32 Å². The normalized spacial score (nSPS) is 14.2. The van der Waals surface area contributed by atoms with Crippen LogP contribution < -0.4 is 10.6 Å². The van der Waals surface area contributed by atoms with Crippen molar-refractivity contribution >= 4 is 11.8 Å². The highest BCUT2D eigenvalue weighted by molar-refractivity contribution is 5.89. The van der Waals surface area contributed by atoms with Gasteiger partial charge in [-0.2, -0.15) is 10.2 Å². The first-order chi connectivity index (χ1) is 15.2. The predicted octanol–water partition coefficient (Wildman–Crippen LogP) is 4.39. The fraction of sp³-hybridized carbons (Fsp3) is 0.208. The highest BCUT2D eigenvalue weighted by atomic mass is 16.2. The zero-order chi connectivity index (χ0) is 21.2. The number of aromatic nitrogens is 4. The van der Waals surface area contributed by atoms with Gasteiger partial charge in [0.15, 0.2) is 0 Å². The summed E-state index contributed by atoms with van der Waals surface area (Å²) in [7, 11) is 1.86. The number of aryl methyl sites for hydroxylation is 1. The van der Waals surface area contributed by atoms with Crippen LogP contribution in [0, 0.1) is 0 Å². The Hall–Kier alpha value is -3.87. The number of carbonyl (C=O) groups excluding carboxylic acids is 1. The van der Waals surface area contributed by atoms with E-state index in [1.54, 1.807) is 15.6 Å². The van der Waals surface area contributed by atoms with E-state index >= 15 is 0 Å². The molecule has 1 aliphatic rings. The molecule has 7 heteroatoms. The zero-order valence-corrected chi connectivity index (χ0v) is 17.3. The van der Waals surface area contributed by atoms with E-state index in [1.165, 1.54) is 0 Å². The van der Waals surface area contributed by atoms with Gasteiger partial charge in [-0.1, -0.05) is 48.5 Å². The van der Waals surface area contributed by atoms with E-state index in [0.29, 0.717) is 11.7 Å². The molecule has 0 saturated heterocycles. The van der Waals surface area contributed by atoms with Crippen LogP contribution in [0.15, 0.2) is 79.1 Å². The maximum Gasteiger partial charge on any atom is 0.321 e. The summed E-state index contributed by atoms with van der Waals surface area (Å²) in [6, 6.07) is 21.1. The van der Waals surface area contributed by atoms with Gasteiger partial charge in [-0.05, 0) is 30.5 Å². The molecule has 0 radical (unpaired) electrons. The molecular formula is C24H24N6O. The predicted molar refractivity (Wildman–Crippen MR) is 119 cm³/mol. The summed E-state index contributed by atoms with van der Waals surface area (Å²) < 4.78 is 3.53. The molecule has 1 unspecified atom stereocenters. The second kappa shape index (κ2) is 8.10. The summed E-state index contributed by atoms with van der Waals surface area (Å²) in [5.74, 6) is 1.14. The maximum atomic E-state index is 13.1. The highest BCUT2D eigenvalue weighted by Crippen LogP contribution is 2.40. The van der Waals surface area contributed by atoms with Crippen LogP contribution in [0.25, 0.3) is 5.69 Å². The second-order valence-electron chi connectivity index (χ2n) is 7.87. The molecule has 7 nitrogen and oxygen atoms in total. The summed E-state index contributed by atoms with van der Waals surface area (Å²) in [6.07, 6.45) is 5.98. The molecule has 31 heavy (non-hydrogen) atoms. The average Bonchev–Trinajstić information content (AvgIpc) is 3.43. The number of para-hydroxylation sites is 1. The quantitative estimate of drug-likeness (QED) is 0.493. The van der Waals surface area contributed by atoms with Gasteiger partial charge in [-0.15, -0.1) is 0 Å². The Morgan fingerprint density at radius 3 is 2.39 bits per heavy atom. The van der Waals surface area contributed by atoms with Crippen molar-refractivity contribution < 1.29 is 4.79 Å². The van der Waals surface area contributed by atoms with E-state index in [1.807, 2.05) is 80.0 Å². The lowest BCUT2D eigenvalue weighted by Gasteiger charge is -2.19. The van der Waals surface area contributed by atoms with Crippen molar-refractivity contribution in [3.63, 3.8) is 0 Å². The SMILES string of the molecule is Cn1cc(C(NC(=O)Nc2cc(C3CC3)nn2-c2ccccc2)c2ccccc2)cn1. The maximum absolute atomic E-state index is 13.1. The van der Waals surface area contributed by atoms with E-state index in [0.717, 1.165) is 35.3 Å². The first-order valence-electron chi connectivity index (χ1n) is 10.4. The molecule has 2 N–H and O–H groups in total. The number of hydrogen-bond donors (Lipinski definition) is 2. The van der Waals surface area contributed by atoms with Crippen LogP contribution in [-0.2, 0) is 7.05 Å². The average molecular weight is 412 g/mol. The smallest absolute Gasteiger partial charge is 0.321 e. The molecule has 2 aromatic carbocycles. The topological polar surface area (TPSA) is 76.8 Å². The van der Waals surface area contributed by atoms with Crippen molar-refractivity contribution in [2.45, 2.75) is 24.8 Å². The fourth-order valence-electron chi connectivity index (χ4n) is 3.71. The van der Waals surface area contributed by atoms with Crippen LogP contribution in [0.2, 0.25) is 0 Å². The summed E-state index contributed by atoms with van der Waals surface area (Å²) in [5, 5.41) is 15.1. The highest BCUT2D eigenvalue weighted by Gasteiger charge is 2.28. The summed E-state index contributed by atoms with van der Waals surface area (Å²) in [6.45, 7) is 0. The molecule has 1 aliphatic carbocycles. The molecule has 2 heterocycles. The lowest BCUT2D eigenvalue weighted by molar-refractivity contribution is 0.250. The number of nitrogens with one attached hydrogen (secondary N) is 2. The van der Waals surface area contributed by atoms with Gasteiger partial charge in [-0.3, -0.25) is 10.00 Å². The van der Waals surface area contributed by atoms with Gasteiger partial charge in [0.05, 0.1) is 23.6 Å². The van der Waals surface area contributed by atoms with Crippen LogP contribution in [0.4, 0.5) is 10.6 Å². The molecule has 4 aromatic rings. The number of amides is 2. The first kappa shape index (κ1) is 19.1. The minimum absolute atomic E-state index is 0.294. The Labute approximate surface area is 180 Å². The summed E-state index contributed by atoms with van der Waals surface area (Å²) >= 11 is 0. The standard InChI is InChI=1S/C24H24N6O/c1-29-16-19(15-25-29)23(18-8-4-2-5-9-18)27-24(31)26-22-14-21(17-12-13-17)28-30(22)20-10-6-3-7-11-20/h2-11,14-17,23H,12-13H2,1H3,(H2,26,27,31).